The highest BCUT2D eigenvalue weighted by molar-refractivity contribution is 6.38. The third-order valence-electron chi connectivity index (χ3n) is 3.43. The highest BCUT2D eigenvalue weighted by Crippen LogP contribution is 2.33. The normalized spacial score (nSPS) is 15.4. The number of hydrogen-bond acceptors (Lipinski definition) is 2. The molecule has 2 aromatic carbocycles. The molecule has 7 heteroatoms. The maximum Gasteiger partial charge on any atom is 0.223 e. The van der Waals surface area contributed by atoms with Crippen LogP contribution in [0.25, 0.3) is 6.08 Å². The average molecular weight is 399 g/mol. The Morgan fingerprint density at radius 3 is 2.52 bits per heavy atom. The number of nitrogens with zero attached hydrogens (tertiary/aromatic N) is 2. The molecule has 0 unspecified atom stereocenters. The van der Waals surface area contributed by atoms with E-state index in [-0.39, 0.29) is 12.4 Å². The number of aliphatic imine (C=N–C) groups is 1. The maximum absolute atomic E-state index is 6.16. The summed E-state index contributed by atoms with van der Waals surface area (Å²) in [5.41, 5.74) is 1.68. The van der Waals surface area contributed by atoms with Gasteiger partial charge in [0.25, 0.3) is 0 Å². The summed E-state index contributed by atoms with van der Waals surface area (Å²) in [4.78, 5) is 10.3. The van der Waals surface area contributed by atoms with E-state index < -0.39 is 0 Å². The lowest BCUT2D eigenvalue weighted by Gasteiger charge is -2.16. The van der Waals surface area contributed by atoms with Crippen LogP contribution in [0.1, 0.15) is 5.56 Å². The highest BCUT2D eigenvalue weighted by Gasteiger charge is 2.19. The fourth-order valence-corrected chi connectivity index (χ4v) is 2.75. The van der Waals surface area contributed by atoms with Crippen molar-refractivity contribution in [2.24, 2.45) is 4.99 Å². The average Bonchev–Trinajstić information content (AvgIpc) is 3.03. The molecule has 0 aromatic heterocycles. The van der Waals surface area contributed by atoms with Gasteiger partial charge in [-0.2, -0.15) is 0 Å². The lowest BCUT2D eigenvalue weighted by molar-refractivity contribution is -0.0754. The zero-order chi connectivity index (χ0) is 16.8. The molecule has 1 fully saturated rings. The summed E-state index contributed by atoms with van der Waals surface area (Å²) in [5.74, 6) is 0.609. The molecule has 1 aliphatic heterocycles. The second kappa shape index (κ2) is 9.68. The molecule has 0 atom stereocenters. The van der Waals surface area contributed by atoms with E-state index in [0.717, 1.165) is 12.1 Å². The Kier molecular flexibility index (Phi) is 7.59. The lowest BCUT2D eigenvalue weighted by atomic mass is 10.2. The molecular weight excluding hydrogens is 381 g/mol. The largest absolute Gasteiger partial charge is 0.352 e. The van der Waals surface area contributed by atoms with Crippen LogP contribution in [0.3, 0.4) is 0 Å². The van der Waals surface area contributed by atoms with E-state index in [1.807, 2.05) is 42.5 Å². The van der Waals surface area contributed by atoms with E-state index in [1.54, 1.807) is 23.3 Å². The molecule has 3 rings (SSSR count). The molecule has 0 saturated carbocycles. The Hall–Kier alpha value is -1.72. The van der Waals surface area contributed by atoms with E-state index >= 15 is 0 Å². The van der Waals surface area contributed by atoms with Gasteiger partial charge in [0.05, 0.1) is 23.2 Å². The number of nitrogens with one attached hydrogen (secondary N) is 1. The first-order valence-electron chi connectivity index (χ1n) is 7.62. The van der Waals surface area contributed by atoms with Gasteiger partial charge in [0.15, 0.2) is 0 Å². The first-order valence-corrected chi connectivity index (χ1v) is 8.38. The van der Waals surface area contributed by atoms with Gasteiger partial charge in [0.2, 0.25) is 5.96 Å². The molecule has 4 nitrogen and oxygen atoms in total. The highest BCUT2D eigenvalue weighted by atomic mass is 35.5. The molecule has 0 aliphatic carbocycles. The molecule has 1 heterocycles. The van der Waals surface area contributed by atoms with Crippen molar-refractivity contribution >= 4 is 53.3 Å². The summed E-state index contributed by atoms with van der Waals surface area (Å²) in [6.45, 7) is 1.91. The van der Waals surface area contributed by atoms with Crippen molar-refractivity contribution in [3.63, 3.8) is 0 Å². The number of hydroxylamine groups is 2. The van der Waals surface area contributed by atoms with Gasteiger partial charge in [-0.15, -0.1) is 12.4 Å². The molecule has 1 N–H and O–H groups in total. The summed E-state index contributed by atoms with van der Waals surface area (Å²) in [5, 5.41) is 5.91. The number of para-hydroxylation sites is 1. The van der Waals surface area contributed by atoms with Gasteiger partial charge in [0.1, 0.15) is 5.69 Å². The number of guanidine groups is 1. The number of benzene rings is 2. The number of hydrogen-bond donors (Lipinski definition) is 1. The predicted molar refractivity (Wildman–Crippen MR) is 107 cm³/mol. The van der Waals surface area contributed by atoms with Crippen molar-refractivity contribution in [2.75, 3.05) is 19.7 Å². The van der Waals surface area contributed by atoms with Crippen LogP contribution >= 0.6 is 35.6 Å². The fraction of sp³-hybridized carbons (Fsp3) is 0.167. The fourth-order valence-electron chi connectivity index (χ4n) is 2.27. The third-order valence-corrected chi connectivity index (χ3v) is 4.04. The van der Waals surface area contributed by atoms with Gasteiger partial charge in [-0.3, -0.25) is 4.84 Å². The van der Waals surface area contributed by atoms with Gasteiger partial charge in [-0.1, -0.05) is 71.8 Å². The molecule has 1 aliphatic rings. The minimum atomic E-state index is 0. The Labute approximate surface area is 163 Å². The van der Waals surface area contributed by atoms with Crippen molar-refractivity contribution in [3.05, 3.63) is 70.2 Å². The lowest BCUT2D eigenvalue weighted by Crippen LogP contribution is -2.30. The van der Waals surface area contributed by atoms with E-state index in [4.69, 9.17) is 28.0 Å². The van der Waals surface area contributed by atoms with Crippen LogP contribution in [-0.4, -0.2) is 30.7 Å². The van der Waals surface area contributed by atoms with Crippen molar-refractivity contribution in [3.8, 4) is 0 Å². The first kappa shape index (κ1) is 19.6. The minimum absolute atomic E-state index is 0. The van der Waals surface area contributed by atoms with Gasteiger partial charge < -0.3 is 5.32 Å². The zero-order valence-electron chi connectivity index (χ0n) is 13.4. The Morgan fingerprint density at radius 2 is 1.80 bits per heavy atom. The van der Waals surface area contributed by atoms with Gasteiger partial charge >= 0.3 is 0 Å². The summed E-state index contributed by atoms with van der Waals surface area (Å²) in [7, 11) is 0. The number of halogens is 3. The summed E-state index contributed by atoms with van der Waals surface area (Å²) >= 11 is 12.3. The van der Waals surface area contributed by atoms with Crippen LogP contribution < -0.4 is 5.32 Å². The van der Waals surface area contributed by atoms with Crippen molar-refractivity contribution in [1.29, 1.82) is 0 Å². The Balaban J connectivity index is 0.00000225. The second-order valence-electron chi connectivity index (χ2n) is 5.14. The Bertz CT molecular complexity index is 730. The van der Waals surface area contributed by atoms with E-state index in [0.29, 0.717) is 34.8 Å². The van der Waals surface area contributed by atoms with Crippen LogP contribution in [0.2, 0.25) is 10.0 Å². The smallest absolute Gasteiger partial charge is 0.223 e. The van der Waals surface area contributed by atoms with Crippen LogP contribution in [-0.2, 0) is 4.84 Å². The topological polar surface area (TPSA) is 36.9 Å². The molecule has 1 saturated heterocycles. The predicted octanol–water partition coefficient (Wildman–Crippen LogP) is 4.95. The van der Waals surface area contributed by atoms with Crippen LogP contribution in [0.15, 0.2) is 59.6 Å². The molecule has 2 aromatic rings. The van der Waals surface area contributed by atoms with E-state index in [2.05, 4.69) is 10.3 Å². The SMILES string of the molecule is Cl.Clc1cccc(Cl)c1N=C1NCCN1OCC=Cc1ccccc1. The summed E-state index contributed by atoms with van der Waals surface area (Å²) in [6, 6.07) is 15.4. The quantitative estimate of drug-likeness (QED) is 0.774. The molecule has 132 valence electrons. The van der Waals surface area contributed by atoms with Gasteiger partial charge in [0, 0.05) is 6.54 Å². The van der Waals surface area contributed by atoms with E-state index in [9.17, 15) is 0 Å². The van der Waals surface area contributed by atoms with Crippen molar-refractivity contribution in [2.45, 2.75) is 0 Å². The van der Waals surface area contributed by atoms with Crippen molar-refractivity contribution < 1.29 is 4.84 Å². The monoisotopic (exact) mass is 397 g/mol. The minimum Gasteiger partial charge on any atom is -0.352 e. The summed E-state index contributed by atoms with van der Waals surface area (Å²) < 4.78 is 0. The Morgan fingerprint density at radius 1 is 1.08 bits per heavy atom. The summed E-state index contributed by atoms with van der Waals surface area (Å²) in [6.07, 6.45) is 3.99. The molecule has 0 spiro atoms. The van der Waals surface area contributed by atoms with Crippen molar-refractivity contribution in [1.82, 2.24) is 10.4 Å². The first-order chi connectivity index (χ1) is 11.7. The standard InChI is InChI=1S/C18H17Cl2N3O.ClH/c19-15-9-4-10-16(20)17(15)22-18-21-11-12-23(18)24-13-5-8-14-6-2-1-3-7-14;/h1-10H,11-13H2,(H,21,22);1H. The van der Waals surface area contributed by atoms with Gasteiger partial charge in [-0.25, -0.2) is 10.1 Å². The van der Waals surface area contributed by atoms with E-state index in [1.165, 1.54) is 0 Å². The maximum atomic E-state index is 6.16. The second-order valence-corrected chi connectivity index (χ2v) is 5.96. The molecule has 25 heavy (non-hydrogen) atoms. The molecule has 0 radical (unpaired) electrons. The van der Waals surface area contributed by atoms with Crippen LogP contribution in [0.5, 0.6) is 0 Å². The third kappa shape index (κ3) is 5.38. The molecule has 0 amide bonds. The zero-order valence-corrected chi connectivity index (χ0v) is 15.7. The molecular formula is C18H18Cl3N3O. The molecule has 0 bridgehead atoms. The van der Waals surface area contributed by atoms with Crippen LogP contribution in [0, 0.1) is 0 Å². The van der Waals surface area contributed by atoms with Crippen LogP contribution in [0.4, 0.5) is 5.69 Å². The number of rotatable bonds is 5. The van der Waals surface area contributed by atoms with Gasteiger partial charge in [-0.05, 0) is 17.7 Å².